The molecule has 0 radical (unpaired) electrons. The van der Waals surface area contributed by atoms with E-state index in [-0.39, 0.29) is 5.91 Å². The Bertz CT molecular complexity index is 729. The quantitative estimate of drug-likeness (QED) is 0.623. The van der Waals surface area contributed by atoms with Crippen molar-refractivity contribution < 1.29 is 4.79 Å². The maximum absolute atomic E-state index is 11.1. The molecule has 0 atom stereocenters. The van der Waals surface area contributed by atoms with Crippen LogP contribution in [0.1, 0.15) is 19.4 Å². The van der Waals surface area contributed by atoms with Crippen LogP contribution in [-0.2, 0) is 4.79 Å². The number of rotatable bonds is 4. The lowest BCUT2D eigenvalue weighted by molar-refractivity contribution is -0.114. The van der Waals surface area contributed by atoms with Gasteiger partial charge in [0.25, 0.3) is 0 Å². The Balaban J connectivity index is 2.14. The smallest absolute Gasteiger partial charge is 0.221 e. The van der Waals surface area contributed by atoms with Gasteiger partial charge in [-0.05, 0) is 42.8 Å². The highest BCUT2D eigenvalue weighted by atomic mass is 35.5. The van der Waals surface area contributed by atoms with E-state index in [2.05, 4.69) is 15.8 Å². The van der Waals surface area contributed by atoms with Gasteiger partial charge in [-0.3, -0.25) is 10.2 Å². The number of carbonyl (C=O) groups is 1. The van der Waals surface area contributed by atoms with Crippen molar-refractivity contribution in [2.45, 2.75) is 13.8 Å². The standard InChI is InChI=1S/C16H15Cl2N3O/c1-10(12-4-3-5-13(8-12)19-11(2)22)20-21-14-6-7-15(17)16(18)9-14/h3-9,21H,1-2H3,(H,19,22)/b20-10-. The number of amides is 1. The number of benzene rings is 2. The molecule has 2 aromatic carbocycles. The SMILES string of the molecule is CC(=O)Nc1cccc(/C(C)=N\Nc2ccc(Cl)c(Cl)c2)c1. The summed E-state index contributed by atoms with van der Waals surface area (Å²) in [6, 6.07) is 12.7. The van der Waals surface area contributed by atoms with E-state index in [0.717, 1.165) is 22.6 Å². The van der Waals surface area contributed by atoms with Gasteiger partial charge in [0.15, 0.2) is 0 Å². The summed E-state index contributed by atoms with van der Waals surface area (Å²) in [4.78, 5) is 11.1. The topological polar surface area (TPSA) is 53.5 Å². The molecule has 22 heavy (non-hydrogen) atoms. The number of hydrogen-bond acceptors (Lipinski definition) is 3. The van der Waals surface area contributed by atoms with Crippen LogP contribution in [0.3, 0.4) is 0 Å². The van der Waals surface area contributed by atoms with Crippen LogP contribution in [0, 0.1) is 0 Å². The Morgan fingerprint density at radius 1 is 1.00 bits per heavy atom. The third-order valence-electron chi connectivity index (χ3n) is 2.87. The second kappa shape index (κ2) is 7.29. The van der Waals surface area contributed by atoms with E-state index in [9.17, 15) is 4.79 Å². The second-order valence-electron chi connectivity index (χ2n) is 4.70. The van der Waals surface area contributed by atoms with E-state index in [4.69, 9.17) is 23.2 Å². The Morgan fingerprint density at radius 3 is 2.45 bits per heavy atom. The van der Waals surface area contributed by atoms with Gasteiger partial charge in [-0.2, -0.15) is 5.10 Å². The third kappa shape index (κ3) is 4.48. The molecule has 2 aromatic rings. The van der Waals surface area contributed by atoms with Gasteiger partial charge in [-0.25, -0.2) is 0 Å². The summed E-state index contributed by atoms with van der Waals surface area (Å²) in [5, 5.41) is 8.01. The van der Waals surface area contributed by atoms with Gasteiger partial charge in [0.05, 0.1) is 21.4 Å². The van der Waals surface area contributed by atoms with Crippen LogP contribution in [-0.4, -0.2) is 11.6 Å². The molecule has 0 fully saturated rings. The maximum atomic E-state index is 11.1. The molecule has 4 nitrogen and oxygen atoms in total. The van der Waals surface area contributed by atoms with Gasteiger partial charge in [0, 0.05) is 12.6 Å². The van der Waals surface area contributed by atoms with Crippen molar-refractivity contribution >= 4 is 46.2 Å². The highest BCUT2D eigenvalue weighted by Crippen LogP contribution is 2.25. The fourth-order valence-electron chi connectivity index (χ4n) is 1.80. The van der Waals surface area contributed by atoms with Crippen LogP contribution in [0.25, 0.3) is 0 Å². The number of hydrogen-bond donors (Lipinski definition) is 2. The lowest BCUT2D eigenvalue weighted by Gasteiger charge is -2.07. The van der Waals surface area contributed by atoms with Crippen LogP contribution in [0.2, 0.25) is 10.0 Å². The summed E-state index contributed by atoms with van der Waals surface area (Å²) in [7, 11) is 0. The largest absolute Gasteiger partial charge is 0.326 e. The molecule has 114 valence electrons. The number of hydrazone groups is 1. The zero-order valence-corrected chi connectivity index (χ0v) is 13.7. The molecule has 0 aromatic heterocycles. The Hall–Kier alpha value is -2.04. The normalized spacial score (nSPS) is 11.2. The molecule has 1 amide bonds. The molecule has 0 saturated carbocycles. The highest BCUT2D eigenvalue weighted by molar-refractivity contribution is 6.42. The van der Waals surface area contributed by atoms with Crippen molar-refractivity contribution in [2.24, 2.45) is 5.10 Å². The zero-order chi connectivity index (χ0) is 16.1. The first-order valence-corrected chi connectivity index (χ1v) is 7.34. The zero-order valence-electron chi connectivity index (χ0n) is 12.2. The predicted octanol–water partition coefficient (Wildman–Crippen LogP) is 4.79. The monoisotopic (exact) mass is 335 g/mol. The fourth-order valence-corrected chi connectivity index (χ4v) is 2.10. The first-order chi connectivity index (χ1) is 10.5. The van der Waals surface area contributed by atoms with Gasteiger partial charge in [0.2, 0.25) is 5.91 Å². The van der Waals surface area contributed by atoms with Crippen molar-refractivity contribution in [3.8, 4) is 0 Å². The number of nitrogens with one attached hydrogen (secondary N) is 2. The third-order valence-corrected chi connectivity index (χ3v) is 3.61. The number of nitrogens with zero attached hydrogens (tertiary/aromatic N) is 1. The van der Waals surface area contributed by atoms with Gasteiger partial charge < -0.3 is 5.32 Å². The number of anilines is 2. The van der Waals surface area contributed by atoms with Crippen molar-refractivity contribution in [3.05, 3.63) is 58.1 Å². The molecule has 0 unspecified atom stereocenters. The first-order valence-electron chi connectivity index (χ1n) is 6.59. The molecule has 0 bridgehead atoms. The summed E-state index contributed by atoms with van der Waals surface area (Å²) in [6.45, 7) is 3.34. The summed E-state index contributed by atoms with van der Waals surface area (Å²) >= 11 is 11.8. The van der Waals surface area contributed by atoms with Crippen LogP contribution >= 0.6 is 23.2 Å². The molecule has 2 N–H and O–H groups in total. The van der Waals surface area contributed by atoms with Gasteiger partial charge in [0.1, 0.15) is 0 Å². The molecule has 0 saturated heterocycles. The van der Waals surface area contributed by atoms with E-state index in [0.29, 0.717) is 10.0 Å². The second-order valence-corrected chi connectivity index (χ2v) is 5.51. The maximum Gasteiger partial charge on any atom is 0.221 e. The van der Waals surface area contributed by atoms with E-state index in [1.54, 1.807) is 18.2 Å². The van der Waals surface area contributed by atoms with E-state index in [1.165, 1.54) is 6.92 Å². The predicted molar refractivity (Wildman–Crippen MR) is 93.0 cm³/mol. The minimum atomic E-state index is -0.110. The molecule has 0 aliphatic carbocycles. The van der Waals surface area contributed by atoms with Crippen molar-refractivity contribution in [1.29, 1.82) is 0 Å². The van der Waals surface area contributed by atoms with Crippen LogP contribution in [0.5, 0.6) is 0 Å². The van der Waals surface area contributed by atoms with Crippen molar-refractivity contribution in [2.75, 3.05) is 10.7 Å². The summed E-state index contributed by atoms with van der Waals surface area (Å²) in [6.07, 6.45) is 0. The summed E-state index contributed by atoms with van der Waals surface area (Å²) in [5.74, 6) is -0.110. The lowest BCUT2D eigenvalue weighted by atomic mass is 10.1. The van der Waals surface area contributed by atoms with Gasteiger partial charge in [-0.1, -0.05) is 35.3 Å². The summed E-state index contributed by atoms with van der Waals surface area (Å²) in [5.41, 5.74) is 6.08. The van der Waals surface area contributed by atoms with Crippen LogP contribution in [0.4, 0.5) is 11.4 Å². The minimum absolute atomic E-state index is 0.110. The van der Waals surface area contributed by atoms with Crippen LogP contribution in [0.15, 0.2) is 47.6 Å². The van der Waals surface area contributed by atoms with Crippen molar-refractivity contribution in [1.82, 2.24) is 0 Å². The fraction of sp³-hybridized carbons (Fsp3) is 0.125. The van der Waals surface area contributed by atoms with Crippen molar-refractivity contribution in [3.63, 3.8) is 0 Å². The van der Waals surface area contributed by atoms with Gasteiger partial charge >= 0.3 is 0 Å². The highest BCUT2D eigenvalue weighted by Gasteiger charge is 2.02. The summed E-state index contributed by atoms with van der Waals surface area (Å²) < 4.78 is 0. The molecule has 6 heteroatoms. The van der Waals surface area contributed by atoms with Crippen LogP contribution < -0.4 is 10.7 Å². The Labute approximate surface area is 139 Å². The molecular formula is C16H15Cl2N3O. The van der Waals surface area contributed by atoms with E-state index < -0.39 is 0 Å². The molecule has 0 aliphatic rings. The average Bonchev–Trinajstić information content (AvgIpc) is 2.48. The lowest BCUT2D eigenvalue weighted by Crippen LogP contribution is -2.07. The molecular weight excluding hydrogens is 321 g/mol. The van der Waals surface area contributed by atoms with E-state index >= 15 is 0 Å². The van der Waals surface area contributed by atoms with E-state index in [1.807, 2.05) is 31.2 Å². The van der Waals surface area contributed by atoms with Gasteiger partial charge in [-0.15, -0.1) is 0 Å². The Morgan fingerprint density at radius 2 is 1.77 bits per heavy atom. The minimum Gasteiger partial charge on any atom is -0.326 e. The Kier molecular flexibility index (Phi) is 5.41. The first kappa shape index (κ1) is 16.3. The number of halogens is 2. The average molecular weight is 336 g/mol. The molecule has 2 rings (SSSR count). The molecule has 0 spiro atoms. The number of carbonyl (C=O) groups excluding carboxylic acids is 1. The molecule has 0 aliphatic heterocycles. The molecule has 0 heterocycles.